The second-order valence-electron chi connectivity index (χ2n) is 6.53. The number of rotatable bonds is 7. The Morgan fingerprint density at radius 1 is 1.33 bits per heavy atom. The molecule has 10 heteroatoms. The summed E-state index contributed by atoms with van der Waals surface area (Å²) in [4.78, 5) is 26.8. The van der Waals surface area contributed by atoms with Crippen molar-refractivity contribution in [3.8, 4) is 0 Å². The molecule has 1 N–H and O–H groups in total. The van der Waals surface area contributed by atoms with Crippen LogP contribution in [-0.4, -0.2) is 58.6 Å². The minimum absolute atomic E-state index is 0.108. The number of nitrogens with zero attached hydrogens (tertiary/aromatic N) is 4. The summed E-state index contributed by atoms with van der Waals surface area (Å²) >= 11 is 2.59. The number of thiophene rings is 1. The fourth-order valence-electron chi connectivity index (χ4n) is 2.67. The van der Waals surface area contributed by atoms with Crippen LogP contribution in [0, 0.1) is 5.92 Å². The van der Waals surface area contributed by atoms with Gasteiger partial charge in [-0.05, 0) is 17.4 Å². The van der Waals surface area contributed by atoms with Gasteiger partial charge in [0.1, 0.15) is 0 Å². The van der Waals surface area contributed by atoms with E-state index in [0.29, 0.717) is 29.2 Å². The molecule has 1 fully saturated rings. The molecule has 0 bridgehead atoms. The van der Waals surface area contributed by atoms with Crippen LogP contribution in [0.3, 0.4) is 0 Å². The molecule has 0 unspecified atom stereocenters. The van der Waals surface area contributed by atoms with Crippen molar-refractivity contribution in [3.63, 3.8) is 0 Å². The molecule has 1 aliphatic rings. The predicted octanol–water partition coefficient (Wildman–Crippen LogP) is 1.88. The first kappa shape index (κ1) is 19.8. The molecule has 2 aromatic heterocycles. The molecule has 3 rings (SSSR count). The van der Waals surface area contributed by atoms with Gasteiger partial charge in [0.2, 0.25) is 11.9 Å². The average Bonchev–Trinajstić information content (AvgIpc) is 3.30. The first-order valence-corrected chi connectivity index (χ1v) is 10.7. The molecule has 0 atom stereocenters. The number of amides is 2. The third-order valence-corrected chi connectivity index (χ3v) is 5.70. The molecule has 8 nitrogen and oxygen atoms in total. The van der Waals surface area contributed by atoms with Gasteiger partial charge in [-0.15, -0.1) is 21.5 Å². The van der Waals surface area contributed by atoms with Gasteiger partial charge in [0.25, 0.3) is 5.91 Å². The van der Waals surface area contributed by atoms with Gasteiger partial charge in [-0.1, -0.05) is 31.7 Å². The SMILES string of the molecule is CC(C)Cn1c(SCC(=O)NC(=O)c2cccs2)nnc1N1CCOCC1. The van der Waals surface area contributed by atoms with Crippen molar-refractivity contribution >= 4 is 40.9 Å². The van der Waals surface area contributed by atoms with Crippen molar-refractivity contribution in [2.45, 2.75) is 25.5 Å². The van der Waals surface area contributed by atoms with E-state index in [4.69, 9.17) is 4.74 Å². The summed E-state index contributed by atoms with van der Waals surface area (Å²) in [7, 11) is 0. The fraction of sp³-hybridized carbons (Fsp3) is 0.529. The van der Waals surface area contributed by atoms with E-state index in [-0.39, 0.29) is 17.6 Å². The highest BCUT2D eigenvalue weighted by atomic mass is 32.2. The number of anilines is 1. The van der Waals surface area contributed by atoms with Crippen LogP contribution < -0.4 is 10.2 Å². The number of nitrogens with one attached hydrogen (secondary N) is 1. The molecule has 27 heavy (non-hydrogen) atoms. The van der Waals surface area contributed by atoms with Crippen molar-refractivity contribution in [1.29, 1.82) is 0 Å². The Bertz CT molecular complexity index is 770. The molecule has 0 spiro atoms. The third-order valence-electron chi connectivity index (χ3n) is 3.87. The van der Waals surface area contributed by atoms with Crippen LogP contribution in [0.15, 0.2) is 22.7 Å². The van der Waals surface area contributed by atoms with Gasteiger partial charge in [0.05, 0.1) is 23.8 Å². The molecule has 2 aromatic rings. The Morgan fingerprint density at radius 3 is 2.78 bits per heavy atom. The van der Waals surface area contributed by atoms with Crippen LogP contribution in [0.25, 0.3) is 0 Å². The lowest BCUT2D eigenvalue weighted by molar-refractivity contribution is -0.117. The lowest BCUT2D eigenvalue weighted by Gasteiger charge is -2.28. The van der Waals surface area contributed by atoms with E-state index in [0.717, 1.165) is 25.6 Å². The molecule has 0 aromatic carbocycles. The van der Waals surface area contributed by atoms with E-state index >= 15 is 0 Å². The lowest BCUT2D eigenvalue weighted by Crippen LogP contribution is -2.38. The van der Waals surface area contributed by atoms with Crippen LogP contribution in [-0.2, 0) is 16.1 Å². The highest BCUT2D eigenvalue weighted by molar-refractivity contribution is 7.99. The van der Waals surface area contributed by atoms with E-state index in [1.165, 1.54) is 23.1 Å². The minimum atomic E-state index is -0.367. The number of hydrogen-bond acceptors (Lipinski definition) is 8. The first-order chi connectivity index (χ1) is 13.0. The number of hydrogen-bond donors (Lipinski definition) is 1. The molecular formula is C17H23N5O3S2. The zero-order valence-corrected chi connectivity index (χ0v) is 17.0. The van der Waals surface area contributed by atoms with Crippen molar-refractivity contribution in [3.05, 3.63) is 22.4 Å². The Labute approximate surface area is 166 Å². The summed E-state index contributed by atoms with van der Waals surface area (Å²) in [5.74, 6) is 0.619. The summed E-state index contributed by atoms with van der Waals surface area (Å²) in [5.41, 5.74) is 0. The molecule has 0 saturated carbocycles. The van der Waals surface area contributed by atoms with Gasteiger partial charge in [0, 0.05) is 19.6 Å². The molecule has 0 radical (unpaired) electrons. The number of carbonyl (C=O) groups is 2. The molecule has 3 heterocycles. The van der Waals surface area contributed by atoms with E-state index in [1.807, 2.05) is 0 Å². The maximum absolute atomic E-state index is 12.1. The maximum atomic E-state index is 12.1. The lowest BCUT2D eigenvalue weighted by atomic mass is 10.2. The van der Waals surface area contributed by atoms with Gasteiger partial charge >= 0.3 is 0 Å². The largest absolute Gasteiger partial charge is 0.378 e. The third kappa shape index (κ3) is 5.30. The maximum Gasteiger partial charge on any atom is 0.267 e. The van der Waals surface area contributed by atoms with Gasteiger partial charge in [-0.2, -0.15) is 0 Å². The molecule has 1 aliphatic heterocycles. The highest BCUT2D eigenvalue weighted by Crippen LogP contribution is 2.24. The van der Waals surface area contributed by atoms with Crippen LogP contribution in [0.4, 0.5) is 5.95 Å². The monoisotopic (exact) mass is 409 g/mol. The van der Waals surface area contributed by atoms with Crippen molar-refractivity contribution in [1.82, 2.24) is 20.1 Å². The predicted molar refractivity (Wildman–Crippen MR) is 105 cm³/mol. The van der Waals surface area contributed by atoms with Crippen molar-refractivity contribution in [2.24, 2.45) is 5.92 Å². The molecule has 0 aliphatic carbocycles. The Hall–Kier alpha value is -1.91. The van der Waals surface area contributed by atoms with Gasteiger partial charge in [-0.3, -0.25) is 19.5 Å². The fourth-order valence-corrected chi connectivity index (χ4v) is 4.03. The van der Waals surface area contributed by atoms with E-state index < -0.39 is 0 Å². The average molecular weight is 410 g/mol. The Balaban J connectivity index is 1.64. The van der Waals surface area contributed by atoms with E-state index in [1.54, 1.807) is 17.5 Å². The zero-order valence-electron chi connectivity index (χ0n) is 15.4. The summed E-state index contributed by atoms with van der Waals surface area (Å²) < 4.78 is 7.46. The van der Waals surface area contributed by atoms with E-state index in [2.05, 4.69) is 38.8 Å². The number of morpholine rings is 1. The summed E-state index contributed by atoms with van der Waals surface area (Å²) in [6.45, 7) is 7.91. The molecule has 2 amide bonds. The molecule has 1 saturated heterocycles. The Morgan fingerprint density at radius 2 is 2.11 bits per heavy atom. The standard InChI is InChI=1S/C17H23N5O3S2/c1-12(2)10-22-16(21-5-7-25-8-6-21)19-20-17(22)27-11-14(23)18-15(24)13-4-3-9-26-13/h3-4,9,12H,5-8,10-11H2,1-2H3,(H,18,23,24). The smallest absolute Gasteiger partial charge is 0.267 e. The van der Waals surface area contributed by atoms with Crippen molar-refractivity contribution in [2.75, 3.05) is 37.0 Å². The quantitative estimate of drug-likeness (QED) is 0.699. The number of imide groups is 1. The first-order valence-electron chi connectivity index (χ1n) is 8.81. The number of aromatic nitrogens is 3. The van der Waals surface area contributed by atoms with Crippen LogP contribution >= 0.6 is 23.1 Å². The Kier molecular flexibility index (Phi) is 6.86. The topological polar surface area (TPSA) is 89.3 Å². The van der Waals surface area contributed by atoms with Crippen molar-refractivity contribution < 1.29 is 14.3 Å². The minimum Gasteiger partial charge on any atom is -0.378 e. The normalized spacial score (nSPS) is 14.6. The number of ether oxygens (including phenoxy) is 1. The number of thioether (sulfide) groups is 1. The number of carbonyl (C=O) groups excluding carboxylic acids is 2. The van der Waals surface area contributed by atoms with Gasteiger partial charge < -0.3 is 9.64 Å². The summed E-state index contributed by atoms with van der Waals surface area (Å²) in [6, 6.07) is 3.47. The van der Waals surface area contributed by atoms with Gasteiger partial charge in [-0.25, -0.2) is 0 Å². The second kappa shape index (κ2) is 9.34. The van der Waals surface area contributed by atoms with Crippen LogP contribution in [0.1, 0.15) is 23.5 Å². The summed E-state index contributed by atoms with van der Waals surface area (Å²) in [5, 5.41) is 13.5. The van der Waals surface area contributed by atoms with Crippen LogP contribution in [0.5, 0.6) is 0 Å². The molecule has 146 valence electrons. The van der Waals surface area contributed by atoms with Crippen LogP contribution in [0.2, 0.25) is 0 Å². The zero-order chi connectivity index (χ0) is 19.2. The highest BCUT2D eigenvalue weighted by Gasteiger charge is 2.22. The second-order valence-corrected chi connectivity index (χ2v) is 8.42. The summed E-state index contributed by atoms with van der Waals surface area (Å²) in [6.07, 6.45) is 0. The van der Waals surface area contributed by atoms with Gasteiger partial charge in [0.15, 0.2) is 5.16 Å². The van der Waals surface area contributed by atoms with E-state index in [9.17, 15) is 9.59 Å². The molecular weight excluding hydrogens is 386 g/mol.